The summed E-state index contributed by atoms with van der Waals surface area (Å²) < 4.78 is 37.4. The lowest BCUT2D eigenvalue weighted by atomic mass is 10.1. The van der Waals surface area contributed by atoms with Gasteiger partial charge in [-0.25, -0.2) is 0 Å². The van der Waals surface area contributed by atoms with Crippen LogP contribution in [0.4, 0.5) is 13.2 Å². The summed E-state index contributed by atoms with van der Waals surface area (Å²) in [4.78, 5) is 11.6. The largest absolute Gasteiger partial charge is 0.416 e. The molecule has 0 bridgehead atoms. The first-order chi connectivity index (χ1) is 8.84. The van der Waals surface area contributed by atoms with Gasteiger partial charge in [-0.3, -0.25) is 4.79 Å². The second kappa shape index (κ2) is 6.56. The van der Waals surface area contributed by atoms with Gasteiger partial charge in [0.25, 0.3) is 5.91 Å². The fourth-order valence-corrected chi connectivity index (χ4v) is 1.58. The molecule has 0 fully saturated rings. The van der Waals surface area contributed by atoms with E-state index < -0.39 is 23.8 Å². The van der Waals surface area contributed by atoms with Crippen LogP contribution in [0.2, 0.25) is 0 Å². The molecule has 0 aromatic heterocycles. The molecule has 1 amide bonds. The van der Waals surface area contributed by atoms with Gasteiger partial charge in [0.05, 0.1) is 11.7 Å². The smallest absolute Gasteiger partial charge is 0.391 e. The quantitative estimate of drug-likeness (QED) is 0.867. The molecule has 1 aromatic carbocycles. The third kappa shape index (κ3) is 4.90. The normalized spacial score (nSPS) is 13.1. The predicted octanol–water partition coefficient (Wildman–Crippen LogP) is 2.60. The van der Waals surface area contributed by atoms with Crippen LogP contribution in [-0.2, 0) is 6.18 Å². The van der Waals surface area contributed by atoms with E-state index in [1.165, 1.54) is 12.1 Å². The van der Waals surface area contributed by atoms with Crippen LogP contribution in [0, 0.1) is 0 Å². The highest BCUT2D eigenvalue weighted by Gasteiger charge is 2.30. The number of halogens is 3. The number of carbonyl (C=O) groups excluding carboxylic acids is 1. The lowest BCUT2D eigenvalue weighted by molar-refractivity contribution is -0.137. The Bertz CT molecular complexity index is 432. The van der Waals surface area contributed by atoms with Gasteiger partial charge in [-0.15, -0.1) is 0 Å². The van der Waals surface area contributed by atoms with Crippen molar-refractivity contribution in [2.75, 3.05) is 6.54 Å². The first-order valence-corrected chi connectivity index (χ1v) is 5.98. The predicted molar refractivity (Wildman–Crippen MR) is 64.7 cm³/mol. The lowest BCUT2D eigenvalue weighted by Crippen LogP contribution is -2.32. The van der Waals surface area contributed by atoms with E-state index in [2.05, 4.69) is 5.32 Å². The number of amides is 1. The maximum absolute atomic E-state index is 12.5. The first-order valence-electron chi connectivity index (χ1n) is 5.98. The van der Waals surface area contributed by atoms with Crippen molar-refractivity contribution in [3.63, 3.8) is 0 Å². The molecule has 3 nitrogen and oxygen atoms in total. The summed E-state index contributed by atoms with van der Waals surface area (Å²) in [5.41, 5.74) is -0.937. The third-order valence-corrected chi connectivity index (χ3v) is 2.57. The Hall–Kier alpha value is -1.56. The molecule has 0 radical (unpaired) electrons. The first kappa shape index (κ1) is 15.5. The van der Waals surface area contributed by atoms with Crippen molar-refractivity contribution in [1.82, 2.24) is 5.32 Å². The Balaban J connectivity index is 2.67. The van der Waals surface area contributed by atoms with Gasteiger partial charge in [-0.05, 0) is 24.6 Å². The molecule has 0 saturated heterocycles. The van der Waals surface area contributed by atoms with Gasteiger partial charge in [0.2, 0.25) is 0 Å². The monoisotopic (exact) mass is 275 g/mol. The van der Waals surface area contributed by atoms with E-state index in [1.54, 1.807) is 0 Å². The number of alkyl halides is 3. The molecule has 0 spiro atoms. The molecule has 1 atom stereocenters. The molecule has 6 heteroatoms. The Morgan fingerprint density at radius 1 is 1.42 bits per heavy atom. The van der Waals surface area contributed by atoms with Gasteiger partial charge >= 0.3 is 6.18 Å². The van der Waals surface area contributed by atoms with Crippen LogP contribution in [0.3, 0.4) is 0 Å². The number of hydrogen-bond acceptors (Lipinski definition) is 2. The minimum Gasteiger partial charge on any atom is -0.391 e. The molecule has 0 aliphatic heterocycles. The second-order valence-electron chi connectivity index (χ2n) is 4.23. The van der Waals surface area contributed by atoms with Crippen LogP contribution in [0.15, 0.2) is 24.3 Å². The number of rotatable bonds is 5. The fraction of sp³-hybridized carbons (Fsp3) is 0.462. The van der Waals surface area contributed by atoms with E-state index in [0.717, 1.165) is 18.6 Å². The molecule has 106 valence electrons. The molecular weight excluding hydrogens is 259 g/mol. The Kier molecular flexibility index (Phi) is 5.35. The summed E-state index contributed by atoms with van der Waals surface area (Å²) in [6.07, 6.45) is -3.86. The Morgan fingerprint density at radius 2 is 2.11 bits per heavy atom. The van der Waals surface area contributed by atoms with Crippen LogP contribution < -0.4 is 5.32 Å². The van der Waals surface area contributed by atoms with Crippen LogP contribution in [0.1, 0.15) is 35.7 Å². The van der Waals surface area contributed by atoms with Crippen molar-refractivity contribution in [2.45, 2.75) is 32.0 Å². The summed E-state index contributed by atoms with van der Waals surface area (Å²) in [5, 5.41) is 11.8. The SMILES string of the molecule is CCCC(O)CNC(=O)c1cccc(C(F)(F)F)c1. The highest BCUT2D eigenvalue weighted by Crippen LogP contribution is 2.29. The van der Waals surface area contributed by atoms with Crippen LogP contribution in [-0.4, -0.2) is 23.7 Å². The minimum atomic E-state index is -4.47. The number of hydrogen-bond donors (Lipinski definition) is 2. The Morgan fingerprint density at radius 3 is 2.68 bits per heavy atom. The van der Waals surface area contributed by atoms with Gasteiger partial charge in [-0.2, -0.15) is 13.2 Å². The van der Waals surface area contributed by atoms with E-state index in [1.807, 2.05) is 6.92 Å². The molecule has 19 heavy (non-hydrogen) atoms. The van der Waals surface area contributed by atoms with Crippen LogP contribution in [0.25, 0.3) is 0 Å². The molecule has 0 aliphatic rings. The third-order valence-electron chi connectivity index (χ3n) is 2.57. The van der Waals surface area contributed by atoms with Gasteiger partial charge in [-0.1, -0.05) is 19.4 Å². The zero-order chi connectivity index (χ0) is 14.5. The standard InChI is InChI=1S/C13H16F3NO2/c1-2-4-11(18)8-17-12(19)9-5-3-6-10(7-9)13(14,15)16/h3,5-7,11,18H,2,4,8H2,1H3,(H,17,19). The molecule has 1 aromatic rings. The van der Waals surface area contributed by atoms with E-state index in [0.29, 0.717) is 6.42 Å². The number of nitrogens with one attached hydrogen (secondary N) is 1. The number of benzene rings is 1. The van der Waals surface area contributed by atoms with Crippen molar-refractivity contribution in [3.05, 3.63) is 35.4 Å². The van der Waals surface area contributed by atoms with Gasteiger partial charge in [0.1, 0.15) is 0 Å². The summed E-state index contributed by atoms with van der Waals surface area (Å²) in [6.45, 7) is 1.92. The minimum absolute atomic E-state index is 0.0307. The van der Waals surface area contributed by atoms with Crippen molar-refractivity contribution in [1.29, 1.82) is 0 Å². The molecule has 1 rings (SSSR count). The van der Waals surface area contributed by atoms with Gasteiger partial charge in [0, 0.05) is 12.1 Å². The van der Waals surface area contributed by atoms with Gasteiger partial charge in [0.15, 0.2) is 0 Å². The maximum atomic E-state index is 12.5. The number of carbonyl (C=O) groups is 1. The summed E-state index contributed by atoms with van der Waals surface area (Å²) in [7, 11) is 0. The number of aliphatic hydroxyl groups is 1. The average Bonchev–Trinajstić information content (AvgIpc) is 2.35. The van der Waals surface area contributed by atoms with Crippen molar-refractivity contribution in [3.8, 4) is 0 Å². The maximum Gasteiger partial charge on any atom is 0.416 e. The van der Waals surface area contributed by atoms with Crippen molar-refractivity contribution in [2.24, 2.45) is 0 Å². The van der Waals surface area contributed by atoms with Crippen LogP contribution >= 0.6 is 0 Å². The summed E-state index contributed by atoms with van der Waals surface area (Å²) in [6, 6.07) is 4.18. The molecular formula is C13H16F3NO2. The van der Waals surface area contributed by atoms with E-state index in [4.69, 9.17) is 0 Å². The van der Waals surface area contributed by atoms with Crippen LogP contribution in [0.5, 0.6) is 0 Å². The fourth-order valence-electron chi connectivity index (χ4n) is 1.58. The van der Waals surface area contributed by atoms with Crippen molar-refractivity contribution < 1.29 is 23.1 Å². The van der Waals surface area contributed by atoms with Crippen molar-refractivity contribution >= 4 is 5.91 Å². The molecule has 0 heterocycles. The molecule has 2 N–H and O–H groups in total. The zero-order valence-electron chi connectivity index (χ0n) is 10.5. The topological polar surface area (TPSA) is 49.3 Å². The van der Waals surface area contributed by atoms with E-state index in [9.17, 15) is 23.1 Å². The van der Waals surface area contributed by atoms with E-state index >= 15 is 0 Å². The Labute approximate surface area is 109 Å². The summed E-state index contributed by atoms with van der Waals surface area (Å²) in [5.74, 6) is -0.624. The number of aliphatic hydroxyl groups excluding tert-OH is 1. The second-order valence-corrected chi connectivity index (χ2v) is 4.23. The van der Waals surface area contributed by atoms with Gasteiger partial charge < -0.3 is 10.4 Å². The highest BCUT2D eigenvalue weighted by atomic mass is 19.4. The molecule has 0 aliphatic carbocycles. The summed E-state index contributed by atoms with van der Waals surface area (Å²) >= 11 is 0. The average molecular weight is 275 g/mol. The molecule has 0 saturated carbocycles. The molecule has 1 unspecified atom stereocenters. The van der Waals surface area contributed by atoms with E-state index in [-0.39, 0.29) is 12.1 Å². The zero-order valence-corrected chi connectivity index (χ0v) is 10.5. The highest BCUT2D eigenvalue weighted by molar-refractivity contribution is 5.94. The lowest BCUT2D eigenvalue weighted by Gasteiger charge is -2.12.